The van der Waals surface area contributed by atoms with E-state index in [1.807, 2.05) is 13.8 Å². The topological polar surface area (TPSA) is 96.0 Å². The van der Waals surface area contributed by atoms with E-state index in [2.05, 4.69) is 5.32 Å². The summed E-state index contributed by atoms with van der Waals surface area (Å²) in [7, 11) is -1.24. The maximum absolute atomic E-state index is 12.4. The number of anilines is 1. The predicted molar refractivity (Wildman–Crippen MR) is 110 cm³/mol. The van der Waals surface area contributed by atoms with Gasteiger partial charge in [0.05, 0.1) is 12.0 Å². The highest BCUT2D eigenvalue weighted by molar-refractivity contribution is 7.89. The highest BCUT2D eigenvalue weighted by Gasteiger charge is 2.21. The Morgan fingerprint density at radius 2 is 1.45 bits per heavy atom. The number of rotatable bonds is 8. The molecule has 0 heterocycles. The zero-order valence-electron chi connectivity index (χ0n) is 16.9. The van der Waals surface area contributed by atoms with Crippen LogP contribution in [0.1, 0.15) is 34.6 Å². The fraction of sp³-hybridized carbons (Fsp3) is 0.300. The van der Waals surface area contributed by atoms with Crippen LogP contribution in [-0.4, -0.2) is 56.8 Å². The molecule has 2 aromatic carbocycles. The maximum Gasteiger partial charge on any atom is 0.264 e. The first-order valence-corrected chi connectivity index (χ1v) is 10.5. The zero-order valence-corrected chi connectivity index (χ0v) is 17.7. The second-order valence-electron chi connectivity index (χ2n) is 6.13. The Hall–Kier alpha value is -2.75. The molecule has 0 aliphatic heterocycles. The van der Waals surface area contributed by atoms with Crippen LogP contribution in [-0.2, 0) is 14.9 Å². The molecule has 0 fully saturated rings. The van der Waals surface area contributed by atoms with Crippen LogP contribution >= 0.6 is 0 Å². The van der Waals surface area contributed by atoms with Crippen molar-refractivity contribution in [3.8, 4) is 0 Å². The Morgan fingerprint density at radius 1 is 0.931 bits per heavy atom. The van der Waals surface area contributed by atoms with Crippen LogP contribution in [0.4, 0.5) is 5.69 Å². The summed E-state index contributed by atoms with van der Waals surface area (Å²) in [4.78, 5) is 31.2. The summed E-state index contributed by atoms with van der Waals surface area (Å²) in [6, 6.07) is 12.1. The molecule has 8 nitrogen and oxygen atoms in total. The van der Waals surface area contributed by atoms with Crippen LogP contribution < -0.4 is 5.32 Å². The number of amides is 2. The van der Waals surface area contributed by atoms with Crippen LogP contribution in [0, 0.1) is 0 Å². The van der Waals surface area contributed by atoms with E-state index in [-0.39, 0.29) is 10.8 Å². The average molecular weight is 420 g/mol. The van der Waals surface area contributed by atoms with E-state index in [1.165, 1.54) is 38.4 Å². The van der Waals surface area contributed by atoms with Crippen LogP contribution in [0.2, 0.25) is 0 Å². The summed E-state index contributed by atoms with van der Waals surface area (Å²) in [5, 5.41) is 2.73. The van der Waals surface area contributed by atoms with Gasteiger partial charge < -0.3 is 10.2 Å². The van der Waals surface area contributed by atoms with Crippen LogP contribution in [0.3, 0.4) is 0 Å². The molecule has 0 aliphatic carbocycles. The predicted octanol–water partition coefficient (Wildman–Crippen LogP) is 2.60. The highest BCUT2D eigenvalue weighted by atomic mass is 32.2. The minimum Gasteiger partial charge on any atom is -0.339 e. The molecule has 0 atom stereocenters. The van der Waals surface area contributed by atoms with Gasteiger partial charge in [0.2, 0.25) is 0 Å². The molecule has 2 rings (SSSR count). The number of sulfonamides is 1. The Balaban J connectivity index is 2.10. The summed E-state index contributed by atoms with van der Waals surface area (Å²) in [6.07, 6.45) is 0. The number of hydrogen-bond acceptors (Lipinski definition) is 5. The molecular formula is C20H25N3O5S. The second-order valence-corrected chi connectivity index (χ2v) is 8.07. The fourth-order valence-corrected chi connectivity index (χ4v) is 3.59. The molecular weight excluding hydrogens is 394 g/mol. The number of nitrogens with one attached hydrogen (secondary N) is 1. The Morgan fingerprint density at radius 3 is 1.93 bits per heavy atom. The van der Waals surface area contributed by atoms with Gasteiger partial charge in [0.25, 0.3) is 21.8 Å². The van der Waals surface area contributed by atoms with E-state index >= 15 is 0 Å². The van der Waals surface area contributed by atoms with Crippen molar-refractivity contribution in [3.05, 3.63) is 59.7 Å². The maximum atomic E-state index is 12.4. The molecule has 2 amide bonds. The monoisotopic (exact) mass is 419 g/mol. The van der Waals surface area contributed by atoms with Crippen molar-refractivity contribution in [2.24, 2.45) is 0 Å². The third-order valence-electron chi connectivity index (χ3n) is 4.45. The third-order valence-corrected chi connectivity index (χ3v) is 6.14. The smallest absolute Gasteiger partial charge is 0.264 e. The zero-order chi connectivity index (χ0) is 21.6. The number of hydrogen-bond donors (Lipinski definition) is 1. The average Bonchev–Trinajstić information content (AvgIpc) is 2.74. The Bertz CT molecular complexity index is 953. The summed E-state index contributed by atoms with van der Waals surface area (Å²) in [5.41, 5.74) is 1.37. The van der Waals surface area contributed by atoms with Crippen molar-refractivity contribution in [2.45, 2.75) is 18.7 Å². The number of carbonyl (C=O) groups is 2. The van der Waals surface area contributed by atoms with Gasteiger partial charge in [-0.1, -0.05) is 4.47 Å². The molecule has 0 aliphatic rings. The van der Waals surface area contributed by atoms with E-state index in [0.717, 1.165) is 4.47 Å². The van der Waals surface area contributed by atoms with Crippen molar-refractivity contribution >= 4 is 27.5 Å². The molecule has 0 bridgehead atoms. The summed E-state index contributed by atoms with van der Waals surface area (Å²) >= 11 is 0. The van der Waals surface area contributed by atoms with Crippen LogP contribution in [0.15, 0.2) is 53.4 Å². The van der Waals surface area contributed by atoms with E-state index in [9.17, 15) is 18.0 Å². The number of benzene rings is 2. The van der Waals surface area contributed by atoms with E-state index in [4.69, 9.17) is 4.84 Å². The molecule has 9 heteroatoms. The molecule has 29 heavy (non-hydrogen) atoms. The number of hydroxylamine groups is 1. The molecule has 0 radical (unpaired) electrons. The summed E-state index contributed by atoms with van der Waals surface area (Å²) in [5.74, 6) is -0.456. The summed E-state index contributed by atoms with van der Waals surface area (Å²) in [6.45, 7) is 5.08. The first kappa shape index (κ1) is 22.5. The lowest BCUT2D eigenvalue weighted by atomic mass is 10.1. The molecule has 0 spiro atoms. The minimum absolute atomic E-state index is 0.0117. The molecule has 0 saturated carbocycles. The standard InChI is InChI=1S/C20H25N3O5S/c1-5-23(6-2)20(25)16-7-11-17(12-8-16)21-19(24)15-9-13-18(14-10-15)29(26,27)22(3)28-4/h7-14H,5-6H2,1-4H3,(H,21,24). The first-order valence-electron chi connectivity index (χ1n) is 9.08. The van der Waals surface area contributed by atoms with Gasteiger partial charge in [0.1, 0.15) is 0 Å². The molecule has 156 valence electrons. The fourth-order valence-electron chi connectivity index (χ4n) is 2.62. The lowest BCUT2D eigenvalue weighted by molar-refractivity contribution is -0.0258. The van der Waals surface area contributed by atoms with Gasteiger partial charge in [-0.25, -0.2) is 8.42 Å². The van der Waals surface area contributed by atoms with Gasteiger partial charge in [0.15, 0.2) is 0 Å². The molecule has 0 unspecified atom stereocenters. The minimum atomic E-state index is -3.77. The lowest BCUT2D eigenvalue weighted by Gasteiger charge is -2.18. The van der Waals surface area contributed by atoms with Crippen molar-refractivity contribution in [1.29, 1.82) is 0 Å². The Labute approximate surface area is 171 Å². The SMILES string of the molecule is CCN(CC)C(=O)c1ccc(NC(=O)c2ccc(S(=O)(=O)N(C)OC)cc2)cc1. The first-order chi connectivity index (χ1) is 13.7. The van der Waals surface area contributed by atoms with E-state index in [0.29, 0.717) is 29.9 Å². The van der Waals surface area contributed by atoms with Gasteiger partial charge in [-0.15, -0.1) is 0 Å². The van der Waals surface area contributed by atoms with Crippen LogP contribution in [0.25, 0.3) is 0 Å². The van der Waals surface area contributed by atoms with Crippen molar-refractivity contribution in [2.75, 3.05) is 32.6 Å². The van der Waals surface area contributed by atoms with Gasteiger partial charge in [-0.05, 0) is 62.4 Å². The van der Waals surface area contributed by atoms with Crippen molar-refractivity contribution in [1.82, 2.24) is 9.37 Å². The highest BCUT2D eigenvalue weighted by Crippen LogP contribution is 2.17. The van der Waals surface area contributed by atoms with E-state index in [1.54, 1.807) is 29.2 Å². The van der Waals surface area contributed by atoms with Crippen LogP contribution in [0.5, 0.6) is 0 Å². The molecule has 1 N–H and O–H groups in total. The van der Waals surface area contributed by atoms with Crippen molar-refractivity contribution < 1.29 is 22.8 Å². The Kier molecular flexibility index (Phi) is 7.49. The number of nitrogens with zero attached hydrogens (tertiary/aromatic N) is 2. The van der Waals surface area contributed by atoms with Gasteiger partial charge in [0, 0.05) is 37.0 Å². The molecule has 0 aromatic heterocycles. The third kappa shape index (κ3) is 5.20. The largest absolute Gasteiger partial charge is 0.339 e. The number of carbonyl (C=O) groups excluding carboxylic acids is 2. The van der Waals surface area contributed by atoms with Crippen molar-refractivity contribution in [3.63, 3.8) is 0 Å². The second kappa shape index (κ2) is 9.64. The summed E-state index contributed by atoms with van der Waals surface area (Å²) < 4.78 is 25.1. The normalized spacial score (nSPS) is 11.3. The lowest BCUT2D eigenvalue weighted by Crippen LogP contribution is -2.30. The van der Waals surface area contributed by atoms with Gasteiger partial charge in [-0.2, -0.15) is 0 Å². The van der Waals surface area contributed by atoms with Gasteiger partial charge in [-0.3, -0.25) is 14.4 Å². The molecule has 2 aromatic rings. The molecule has 0 saturated heterocycles. The quantitative estimate of drug-likeness (QED) is 0.664. The van der Waals surface area contributed by atoms with E-state index < -0.39 is 15.9 Å². The van der Waals surface area contributed by atoms with Gasteiger partial charge >= 0.3 is 0 Å².